The fourth-order valence-electron chi connectivity index (χ4n) is 3.13. The van der Waals surface area contributed by atoms with Gasteiger partial charge in [0.1, 0.15) is 0 Å². The van der Waals surface area contributed by atoms with Crippen LogP contribution in [0, 0.1) is 0 Å². The molecule has 4 heteroatoms. The Hall–Kier alpha value is -2.26. The number of carbonyl (C=O) groups excluding carboxylic acids is 1. The highest BCUT2D eigenvalue weighted by atomic mass is 35.5. The van der Waals surface area contributed by atoms with E-state index in [9.17, 15) is 9.90 Å². The predicted molar refractivity (Wildman–Crippen MR) is 90.6 cm³/mol. The quantitative estimate of drug-likeness (QED) is 0.778. The van der Waals surface area contributed by atoms with Crippen LogP contribution < -0.4 is 5.11 Å². The lowest BCUT2D eigenvalue weighted by atomic mass is 9.88. The van der Waals surface area contributed by atoms with Gasteiger partial charge in [-0.2, -0.15) is 0 Å². The van der Waals surface area contributed by atoms with Gasteiger partial charge in [-0.3, -0.25) is 0 Å². The number of aromatic amines is 1. The minimum absolute atomic E-state index is 0.104. The number of H-pyrrole nitrogens is 1. The first kappa shape index (κ1) is 15.6. The van der Waals surface area contributed by atoms with Crippen LogP contribution in [0.2, 0.25) is 5.02 Å². The number of hydrogen-bond donors (Lipinski definition) is 1. The van der Waals surface area contributed by atoms with Gasteiger partial charge >= 0.3 is 0 Å². The largest absolute Gasteiger partial charge is 0.550 e. The molecule has 3 rings (SSSR count). The van der Waals surface area contributed by atoms with Crippen molar-refractivity contribution in [3.8, 4) is 0 Å². The van der Waals surface area contributed by atoms with Gasteiger partial charge in [0.05, 0.1) is 0 Å². The Balaban J connectivity index is 2.18. The summed E-state index contributed by atoms with van der Waals surface area (Å²) in [6.45, 7) is 2.10. The molecule has 1 N–H and O–H groups in total. The molecule has 1 atom stereocenters. The highest BCUT2D eigenvalue weighted by Crippen LogP contribution is 2.37. The first-order valence-corrected chi connectivity index (χ1v) is 8.02. The normalized spacial score (nSPS) is 12.4. The zero-order chi connectivity index (χ0) is 16.4. The van der Waals surface area contributed by atoms with E-state index in [1.807, 2.05) is 36.5 Å². The molecule has 0 aliphatic heterocycles. The molecule has 1 heterocycles. The number of aromatic nitrogens is 1. The van der Waals surface area contributed by atoms with E-state index >= 15 is 0 Å². The van der Waals surface area contributed by atoms with E-state index in [0.717, 1.165) is 28.5 Å². The van der Waals surface area contributed by atoms with Crippen LogP contribution in [0.5, 0.6) is 0 Å². The molecule has 0 amide bonds. The molecule has 0 fully saturated rings. The number of aryl methyl sites for hydroxylation is 1. The molecule has 0 spiro atoms. The number of rotatable bonds is 5. The van der Waals surface area contributed by atoms with Gasteiger partial charge in [0.2, 0.25) is 0 Å². The summed E-state index contributed by atoms with van der Waals surface area (Å²) in [6, 6.07) is 13.5. The lowest BCUT2D eigenvalue weighted by Crippen LogP contribution is -2.25. The number of benzene rings is 2. The molecule has 0 aliphatic rings. The van der Waals surface area contributed by atoms with Crippen molar-refractivity contribution < 1.29 is 9.90 Å². The second kappa shape index (κ2) is 6.47. The molecular formula is C19H17ClNO2-. The third-order valence-electron chi connectivity index (χ3n) is 4.24. The van der Waals surface area contributed by atoms with Gasteiger partial charge in [0.25, 0.3) is 0 Å². The van der Waals surface area contributed by atoms with Crippen LogP contribution in [-0.2, 0) is 11.2 Å². The smallest absolute Gasteiger partial charge is 0.0489 e. The summed E-state index contributed by atoms with van der Waals surface area (Å²) in [5.74, 6) is -1.43. The lowest BCUT2D eigenvalue weighted by molar-refractivity contribution is -0.305. The van der Waals surface area contributed by atoms with E-state index in [-0.39, 0.29) is 12.3 Å². The van der Waals surface area contributed by atoms with Crippen molar-refractivity contribution in [2.75, 3.05) is 0 Å². The van der Waals surface area contributed by atoms with Gasteiger partial charge in [0, 0.05) is 34.0 Å². The van der Waals surface area contributed by atoms with Crippen LogP contribution in [0.25, 0.3) is 10.9 Å². The molecular weight excluding hydrogens is 310 g/mol. The minimum Gasteiger partial charge on any atom is -0.550 e. The molecule has 2 aromatic carbocycles. The van der Waals surface area contributed by atoms with E-state index in [0.29, 0.717) is 5.02 Å². The van der Waals surface area contributed by atoms with Gasteiger partial charge in [0.15, 0.2) is 0 Å². The molecule has 0 saturated heterocycles. The lowest BCUT2D eigenvalue weighted by Gasteiger charge is -2.19. The monoisotopic (exact) mass is 326 g/mol. The van der Waals surface area contributed by atoms with Crippen LogP contribution in [0.15, 0.2) is 48.7 Å². The van der Waals surface area contributed by atoms with E-state index in [1.165, 1.54) is 5.56 Å². The second-order valence-electron chi connectivity index (χ2n) is 5.59. The fraction of sp³-hybridized carbons (Fsp3) is 0.211. The number of carbonyl (C=O) groups is 1. The van der Waals surface area contributed by atoms with Crippen molar-refractivity contribution in [1.29, 1.82) is 0 Å². The summed E-state index contributed by atoms with van der Waals surface area (Å²) in [7, 11) is 0. The Labute approximate surface area is 139 Å². The van der Waals surface area contributed by atoms with Crippen LogP contribution >= 0.6 is 11.6 Å². The fourth-order valence-corrected chi connectivity index (χ4v) is 3.40. The number of nitrogens with one attached hydrogen (secondary N) is 1. The average molecular weight is 327 g/mol. The maximum absolute atomic E-state index is 11.3. The van der Waals surface area contributed by atoms with Crippen LogP contribution in [-0.4, -0.2) is 11.0 Å². The first-order chi connectivity index (χ1) is 11.1. The van der Waals surface area contributed by atoms with Crippen molar-refractivity contribution in [3.05, 3.63) is 70.4 Å². The van der Waals surface area contributed by atoms with E-state index in [2.05, 4.69) is 18.0 Å². The van der Waals surface area contributed by atoms with Crippen molar-refractivity contribution in [1.82, 2.24) is 4.98 Å². The molecule has 3 nitrogen and oxygen atoms in total. The van der Waals surface area contributed by atoms with Crippen molar-refractivity contribution in [3.63, 3.8) is 0 Å². The van der Waals surface area contributed by atoms with Gasteiger partial charge in [-0.15, -0.1) is 0 Å². The van der Waals surface area contributed by atoms with Gasteiger partial charge in [-0.25, -0.2) is 0 Å². The number of hydrogen-bond acceptors (Lipinski definition) is 2. The van der Waals surface area contributed by atoms with Crippen molar-refractivity contribution in [2.24, 2.45) is 0 Å². The number of halogens is 1. The highest BCUT2D eigenvalue weighted by molar-refractivity contribution is 6.31. The molecule has 1 aromatic heterocycles. The molecule has 23 heavy (non-hydrogen) atoms. The summed E-state index contributed by atoms with van der Waals surface area (Å²) < 4.78 is 0. The minimum atomic E-state index is -1.09. The third kappa shape index (κ3) is 2.97. The summed E-state index contributed by atoms with van der Waals surface area (Å²) in [4.78, 5) is 14.6. The van der Waals surface area contributed by atoms with Gasteiger partial charge in [-0.05, 0) is 35.6 Å². The summed E-state index contributed by atoms with van der Waals surface area (Å²) in [6.07, 6.45) is 2.70. The molecule has 0 aliphatic carbocycles. The number of fused-ring (bicyclic) bond motifs is 1. The molecule has 118 valence electrons. The number of carboxylic acids is 1. The van der Waals surface area contributed by atoms with Crippen LogP contribution in [0.1, 0.15) is 36.0 Å². The zero-order valence-corrected chi connectivity index (χ0v) is 13.6. The zero-order valence-electron chi connectivity index (χ0n) is 12.8. The van der Waals surface area contributed by atoms with Crippen LogP contribution in [0.3, 0.4) is 0 Å². The molecule has 3 aromatic rings. The molecule has 0 saturated carbocycles. The Morgan fingerprint density at radius 3 is 2.65 bits per heavy atom. The molecule has 0 bridgehead atoms. The summed E-state index contributed by atoms with van der Waals surface area (Å²) in [5.41, 5.74) is 4.01. The van der Waals surface area contributed by atoms with Crippen molar-refractivity contribution in [2.45, 2.75) is 25.7 Å². The van der Waals surface area contributed by atoms with Gasteiger partial charge < -0.3 is 14.9 Å². The van der Waals surface area contributed by atoms with Crippen molar-refractivity contribution >= 4 is 28.5 Å². The SMILES string of the molecule is CCc1cccc2c([C@@H](CC(=O)[O-])c3ccccc3Cl)c[nH]c12. The van der Waals surface area contributed by atoms with Crippen LogP contribution in [0.4, 0.5) is 0 Å². The maximum atomic E-state index is 11.3. The Bertz CT molecular complexity index is 853. The van der Waals surface area contributed by atoms with E-state index in [1.54, 1.807) is 6.07 Å². The van der Waals surface area contributed by atoms with Gasteiger partial charge in [-0.1, -0.05) is 54.9 Å². The average Bonchev–Trinajstić information content (AvgIpc) is 2.97. The first-order valence-electron chi connectivity index (χ1n) is 7.65. The second-order valence-corrected chi connectivity index (χ2v) is 5.99. The Kier molecular flexibility index (Phi) is 4.39. The predicted octanol–water partition coefficient (Wildman–Crippen LogP) is 3.66. The topological polar surface area (TPSA) is 55.9 Å². The summed E-state index contributed by atoms with van der Waals surface area (Å²) >= 11 is 6.31. The highest BCUT2D eigenvalue weighted by Gasteiger charge is 2.21. The third-order valence-corrected chi connectivity index (χ3v) is 4.59. The standard InChI is InChI=1S/C19H18ClNO2/c1-2-12-6-5-8-14-16(11-21-19(12)14)15(10-18(22)23)13-7-3-4-9-17(13)20/h3-9,11,15,21H,2,10H2,1H3,(H,22,23)/p-1/t15-/m0/s1. The Morgan fingerprint density at radius 1 is 1.17 bits per heavy atom. The Morgan fingerprint density at radius 2 is 1.96 bits per heavy atom. The number of para-hydroxylation sites is 1. The summed E-state index contributed by atoms with van der Waals surface area (Å²) in [5, 5.41) is 12.9. The van der Waals surface area contributed by atoms with E-state index in [4.69, 9.17) is 11.6 Å². The maximum Gasteiger partial charge on any atom is 0.0489 e. The molecule has 0 unspecified atom stereocenters. The molecule has 0 radical (unpaired) electrons. The van der Waals surface area contributed by atoms with E-state index < -0.39 is 5.97 Å². The number of carboxylic acid groups (broad SMARTS) is 1. The number of aliphatic carboxylic acids is 1.